The van der Waals surface area contributed by atoms with Crippen LogP contribution in [0.5, 0.6) is 0 Å². The first-order valence-electron chi connectivity index (χ1n) is 2.03. The Morgan fingerprint density at radius 3 is 0.824 bits per heavy atom. The van der Waals surface area contributed by atoms with Crippen LogP contribution in [0, 0.1) is 39.8 Å². The molecule has 0 bridgehead atoms. The fourth-order valence-corrected chi connectivity index (χ4v) is 0. The Labute approximate surface area is 118 Å². The van der Waals surface area contributed by atoms with Crippen LogP contribution in [0.2, 0.25) is 0 Å². The molecule has 0 aliphatic carbocycles. The van der Waals surface area contributed by atoms with Crippen molar-refractivity contribution in [2.24, 2.45) is 0 Å². The third kappa shape index (κ3) is 535. The van der Waals surface area contributed by atoms with Crippen LogP contribution in [0.25, 0.3) is 4.85 Å². The van der Waals surface area contributed by atoms with Gasteiger partial charge in [-0.1, -0.05) is 0 Å². The van der Waals surface area contributed by atoms with E-state index < -0.39 is 4.71 Å². The first-order valence-corrected chi connectivity index (χ1v) is 2.79. The van der Waals surface area contributed by atoms with E-state index in [1.54, 1.807) is 0 Å². The summed E-state index contributed by atoms with van der Waals surface area (Å²) in [5.41, 5.74) is 0. The molecule has 0 unspecified atom stereocenters. The molecule has 0 atom stereocenters. The number of hydrogen-bond acceptors (Lipinski definition) is 0. The predicted octanol–water partition coefficient (Wildman–Crippen LogP) is 1.77. The molecule has 0 amide bonds. The normalized spacial score (nSPS) is 4.24. The van der Waals surface area contributed by atoms with Gasteiger partial charge in [-0.05, 0) is 0 Å². The molecule has 6 nitrogen and oxygen atoms in total. The summed E-state index contributed by atoms with van der Waals surface area (Å²) in [6.45, 7) is 28.3. The van der Waals surface area contributed by atoms with Crippen LogP contribution < -0.4 is 0 Å². The number of halogens is 3. The van der Waals surface area contributed by atoms with Crippen molar-refractivity contribution in [1.29, 1.82) is 0 Å². The monoisotopic (exact) mass is 319 g/mol. The summed E-state index contributed by atoms with van der Waals surface area (Å²) in [7, 11) is 0. The fraction of sp³-hybridized carbons (Fsp3) is 0.143. The molecule has 0 aromatic rings. The molecule has 0 saturated carbocycles. The summed E-state index contributed by atoms with van der Waals surface area (Å²) < 4.78 is 46.1. The summed E-state index contributed by atoms with van der Waals surface area (Å²) in [4.78, 5) is 2.14. The van der Waals surface area contributed by atoms with Gasteiger partial charge in [0.1, 0.15) is 0 Å². The molecular weight excluding hydrogens is 320 g/mol. The van der Waals surface area contributed by atoms with Crippen molar-refractivity contribution in [2.75, 3.05) is 0 Å². The minimum Gasteiger partial charge on any atom is 0 e. The van der Waals surface area contributed by atoms with Gasteiger partial charge in [-0.15, -0.1) is 4.39 Å². The van der Waals surface area contributed by atoms with Gasteiger partial charge in [0.25, 0.3) is 0 Å². The van der Waals surface area contributed by atoms with Crippen LogP contribution in [0.15, 0.2) is 0 Å². The Morgan fingerprint density at radius 1 is 0.765 bits per heavy atom. The first-order chi connectivity index (χ1) is 7.56. The third-order valence-corrected chi connectivity index (χ3v) is 0.296. The van der Waals surface area contributed by atoms with Gasteiger partial charge >= 0.3 is 61.2 Å². The van der Waals surface area contributed by atoms with E-state index in [2.05, 4.69) is 61.3 Å². The Morgan fingerprint density at radius 2 is 0.824 bits per heavy atom. The molecule has 0 aromatic carbocycles. The van der Waals surface area contributed by atoms with Crippen molar-refractivity contribution < 1.29 is 45.0 Å². The van der Waals surface area contributed by atoms with Crippen LogP contribution >= 0.6 is 23.2 Å². The van der Waals surface area contributed by atoms with Crippen LogP contribution in [-0.4, -0.2) is 4.71 Å². The maximum Gasteiger partial charge on any atom is 0 e. The Bertz CT molecular complexity index is 215. The first kappa shape index (κ1) is 44.2. The molecule has 0 heterocycles. The van der Waals surface area contributed by atoms with Crippen molar-refractivity contribution in [1.82, 2.24) is 0 Å². The second-order valence-corrected chi connectivity index (χ2v) is 1.77. The van der Waals surface area contributed by atoms with Crippen molar-refractivity contribution >= 4 is 23.2 Å². The SMILES string of the molecule is [C-]#[N+]C(F)(Cl)Cl.[C-]#[O+].[C-]#[O+].[C-]#[O+].[C-]#[O+].[C-]#[O+].[Cr]. The zero-order chi connectivity index (χ0) is 15.2. The van der Waals surface area contributed by atoms with Crippen molar-refractivity contribution in [3.8, 4) is 0 Å². The summed E-state index contributed by atoms with van der Waals surface area (Å²) in [5, 5.41) is 0. The molecule has 90 valence electrons. The summed E-state index contributed by atoms with van der Waals surface area (Å²) in [6, 6.07) is 0. The molecule has 0 aliphatic rings. The predicted molar refractivity (Wildman–Crippen MR) is 41.8 cm³/mol. The fourth-order valence-electron chi connectivity index (χ4n) is 0. The number of rotatable bonds is 0. The molecule has 0 N–H and O–H groups in total. The summed E-state index contributed by atoms with van der Waals surface area (Å²) >= 11 is 8.92. The zero-order valence-corrected chi connectivity index (χ0v) is 10.3. The Balaban J connectivity index is -0.0000000158. The van der Waals surface area contributed by atoms with Crippen LogP contribution in [0.4, 0.5) is 4.39 Å². The van der Waals surface area contributed by atoms with Crippen molar-refractivity contribution in [3.05, 3.63) is 44.7 Å². The molecule has 0 rings (SSSR count). The van der Waals surface area contributed by atoms with Gasteiger partial charge in [0.2, 0.25) is 0 Å². The molecule has 0 aromatic heterocycles. The van der Waals surface area contributed by atoms with Crippen molar-refractivity contribution in [3.63, 3.8) is 0 Å². The van der Waals surface area contributed by atoms with E-state index in [1.165, 1.54) is 0 Å². The van der Waals surface area contributed by atoms with E-state index in [0.29, 0.717) is 0 Å². The van der Waals surface area contributed by atoms with E-state index >= 15 is 0 Å². The third-order valence-electron chi connectivity index (χ3n) is 0.127. The summed E-state index contributed by atoms with van der Waals surface area (Å²) in [5.74, 6) is 0. The van der Waals surface area contributed by atoms with Gasteiger partial charge in [0.15, 0.2) is 0 Å². The van der Waals surface area contributed by atoms with Gasteiger partial charge in [0.05, 0.1) is 0 Å². The minimum atomic E-state index is -2.72. The Kier molecular flexibility index (Phi) is 206. The smallest absolute Gasteiger partial charge is 0 e. The maximum absolute atomic E-state index is 11.3. The minimum absolute atomic E-state index is 0. The summed E-state index contributed by atoms with van der Waals surface area (Å²) in [6.07, 6.45) is 0. The van der Waals surface area contributed by atoms with E-state index in [-0.39, 0.29) is 17.4 Å². The molecule has 0 saturated heterocycles. The quantitative estimate of drug-likeness (QED) is 0.281. The van der Waals surface area contributed by atoms with E-state index in [4.69, 9.17) is 29.8 Å². The standard InChI is InChI=1S/C2Cl2FN.5CO.Cr/c1-6-2(3,4)5;5*1-2;. The molecule has 17 heavy (non-hydrogen) atoms. The number of hydrogen-bond donors (Lipinski definition) is 0. The molecule has 0 fully saturated rings. The van der Waals surface area contributed by atoms with E-state index in [1.807, 2.05) is 0 Å². The number of alkyl halides is 3. The zero-order valence-electron chi connectivity index (χ0n) is 7.53. The second kappa shape index (κ2) is 79.4. The van der Waals surface area contributed by atoms with Crippen LogP contribution in [-0.2, 0) is 40.6 Å². The van der Waals surface area contributed by atoms with Gasteiger partial charge in [-0.3, -0.25) is 0 Å². The molecular formula is C7Cl2CrFNO5. The maximum atomic E-state index is 11.3. The topological polar surface area (TPSA) is 104 Å². The van der Waals surface area contributed by atoms with Gasteiger partial charge in [-0.2, -0.15) is 0 Å². The van der Waals surface area contributed by atoms with E-state index in [9.17, 15) is 4.39 Å². The van der Waals surface area contributed by atoms with E-state index in [0.717, 1.165) is 0 Å². The average Bonchev–Trinajstić information content (AvgIpc) is 2.40. The molecule has 0 radical (unpaired) electrons. The van der Waals surface area contributed by atoms with Crippen LogP contribution in [0.3, 0.4) is 0 Å². The Hall–Kier alpha value is -0.768. The van der Waals surface area contributed by atoms with Crippen LogP contribution in [0.1, 0.15) is 0 Å². The molecule has 0 aliphatic heterocycles. The molecule has 10 heteroatoms. The average molecular weight is 320 g/mol. The van der Waals surface area contributed by atoms with Crippen molar-refractivity contribution in [2.45, 2.75) is 4.71 Å². The van der Waals surface area contributed by atoms with Gasteiger partial charge in [-0.25, -0.2) is 11.4 Å². The number of nitrogens with zero attached hydrogens (tertiary/aromatic N) is 1. The largest absolute Gasteiger partial charge is 0 e. The second-order valence-electron chi connectivity index (χ2n) is 0.580. The van der Waals surface area contributed by atoms with Gasteiger partial charge in [0, 0.05) is 40.6 Å². The molecule has 0 spiro atoms. The van der Waals surface area contributed by atoms with Gasteiger partial charge < -0.3 is 0 Å².